The van der Waals surface area contributed by atoms with Crippen LogP contribution in [0.2, 0.25) is 0 Å². The Kier molecular flexibility index (Phi) is 4.52. The van der Waals surface area contributed by atoms with Gasteiger partial charge in [0.15, 0.2) is 0 Å². The van der Waals surface area contributed by atoms with Crippen LogP contribution in [0.25, 0.3) is 0 Å². The van der Waals surface area contributed by atoms with Gasteiger partial charge in [0.2, 0.25) is 0 Å². The second kappa shape index (κ2) is 6.15. The molecule has 0 amide bonds. The molecule has 0 unspecified atom stereocenters. The molecule has 0 saturated carbocycles. The van der Waals surface area contributed by atoms with Crippen LogP contribution in [-0.2, 0) is 13.1 Å². The predicted octanol–water partition coefficient (Wildman–Crippen LogP) is 2.99. The topological polar surface area (TPSA) is 42.4 Å². The number of thiocarbonyl (C=S) groups is 1. The van der Waals surface area contributed by atoms with Crippen LogP contribution in [0, 0.1) is 12.7 Å². The van der Waals surface area contributed by atoms with Crippen molar-refractivity contribution in [2.24, 2.45) is 5.73 Å². The fourth-order valence-corrected chi connectivity index (χ4v) is 2.32. The molecule has 1 aromatic heterocycles. The fourth-order valence-electron chi connectivity index (χ4n) is 2.12. The number of furan rings is 1. The van der Waals surface area contributed by atoms with E-state index in [2.05, 4.69) is 0 Å². The van der Waals surface area contributed by atoms with Crippen LogP contribution < -0.4 is 5.73 Å². The molecule has 0 aliphatic carbocycles. The van der Waals surface area contributed by atoms with Crippen LogP contribution in [0.3, 0.4) is 0 Å². The third-order valence-corrected chi connectivity index (χ3v) is 3.21. The van der Waals surface area contributed by atoms with Crippen LogP contribution in [0.4, 0.5) is 4.39 Å². The van der Waals surface area contributed by atoms with Gasteiger partial charge in [-0.25, -0.2) is 4.39 Å². The molecule has 0 bridgehead atoms. The van der Waals surface area contributed by atoms with E-state index in [0.717, 1.165) is 17.1 Å². The van der Waals surface area contributed by atoms with Gasteiger partial charge in [0.1, 0.15) is 22.3 Å². The van der Waals surface area contributed by atoms with Gasteiger partial charge in [0.05, 0.1) is 6.54 Å². The van der Waals surface area contributed by atoms with E-state index in [9.17, 15) is 4.39 Å². The lowest BCUT2D eigenvalue weighted by atomic mass is 10.1. The molecule has 2 aromatic rings. The van der Waals surface area contributed by atoms with E-state index in [1.165, 1.54) is 12.1 Å². The Morgan fingerprint density at radius 2 is 2.05 bits per heavy atom. The van der Waals surface area contributed by atoms with Gasteiger partial charge < -0.3 is 10.2 Å². The van der Waals surface area contributed by atoms with Crippen LogP contribution >= 0.6 is 12.2 Å². The number of hydrogen-bond acceptors (Lipinski definition) is 3. The van der Waals surface area contributed by atoms with Crippen LogP contribution in [0.1, 0.15) is 22.6 Å². The first-order chi connectivity index (χ1) is 9.45. The Morgan fingerprint density at radius 3 is 2.65 bits per heavy atom. The average Bonchev–Trinajstić information content (AvgIpc) is 2.74. The van der Waals surface area contributed by atoms with E-state index in [0.29, 0.717) is 18.7 Å². The Labute approximate surface area is 123 Å². The van der Waals surface area contributed by atoms with Gasteiger partial charge in [-0.3, -0.25) is 4.90 Å². The molecular weight excluding hydrogens is 275 g/mol. The molecular formula is C15H17FN2OS. The van der Waals surface area contributed by atoms with Gasteiger partial charge in [-0.1, -0.05) is 12.2 Å². The number of aryl methyl sites for hydroxylation is 1. The summed E-state index contributed by atoms with van der Waals surface area (Å²) in [5, 5.41) is 0. The SMILES string of the molecule is Cc1ccc(CN(C)Cc2cc(F)ccc2C(N)=S)o1. The Balaban J connectivity index is 2.12. The van der Waals surface area contributed by atoms with Crippen molar-refractivity contribution in [2.45, 2.75) is 20.0 Å². The van der Waals surface area contributed by atoms with Crippen LogP contribution in [0.15, 0.2) is 34.7 Å². The summed E-state index contributed by atoms with van der Waals surface area (Å²) in [7, 11) is 1.94. The average molecular weight is 292 g/mol. The van der Waals surface area contributed by atoms with Gasteiger partial charge in [-0.2, -0.15) is 0 Å². The predicted molar refractivity (Wildman–Crippen MR) is 80.9 cm³/mol. The molecule has 0 atom stereocenters. The Morgan fingerprint density at radius 1 is 1.30 bits per heavy atom. The zero-order chi connectivity index (χ0) is 14.7. The Hall–Kier alpha value is -1.72. The van der Waals surface area contributed by atoms with Gasteiger partial charge in [0, 0.05) is 12.1 Å². The van der Waals surface area contributed by atoms with Crippen molar-refractivity contribution < 1.29 is 8.81 Å². The molecule has 1 aromatic carbocycles. The zero-order valence-corrected chi connectivity index (χ0v) is 12.3. The molecule has 5 heteroatoms. The van der Waals surface area contributed by atoms with Crippen molar-refractivity contribution in [3.63, 3.8) is 0 Å². The van der Waals surface area contributed by atoms with Gasteiger partial charge in [-0.05, 0) is 49.9 Å². The highest BCUT2D eigenvalue weighted by atomic mass is 32.1. The smallest absolute Gasteiger partial charge is 0.123 e. The van der Waals surface area contributed by atoms with Crippen molar-refractivity contribution in [1.29, 1.82) is 0 Å². The molecule has 20 heavy (non-hydrogen) atoms. The summed E-state index contributed by atoms with van der Waals surface area (Å²) in [6.07, 6.45) is 0. The molecule has 0 aliphatic heterocycles. The minimum atomic E-state index is -0.290. The minimum Gasteiger partial charge on any atom is -0.465 e. The molecule has 0 fully saturated rings. The summed E-state index contributed by atoms with van der Waals surface area (Å²) in [5.41, 5.74) is 7.16. The summed E-state index contributed by atoms with van der Waals surface area (Å²) in [5.74, 6) is 1.46. The lowest BCUT2D eigenvalue weighted by Gasteiger charge is -2.17. The number of nitrogens with two attached hydrogens (primary N) is 1. The maximum absolute atomic E-state index is 13.4. The quantitative estimate of drug-likeness (QED) is 0.860. The van der Waals surface area contributed by atoms with Gasteiger partial charge >= 0.3 is 0 Å². The molecule has 106 valence electrons. The second-order valence-electron chi connectivity index (χ2n) is 4.85. The normalized spacial score (nSPS) is 11.0. The van der Waals surface area contributed by atoms with Gasteiger partial charge in [-0.15, -0.1) is 0 Å². The highest BCUT2D eigenvalue weighted by Crippen LogP contribution is 2.16. The maximum atomic E-state index is 13.4. The van der Waals surface area contributed by atoms with Crippen molar-refractivity contribution >= 4 is 17.2 Å². The number of hydrogen-bond donors (Lipinski definition) is 1. The standard InChI is InChI=1S/C15H17FN2OS/c1-10-3-5-13(19-10)9-18(2)8-11-7-12(16)4-6-14(11)15(17)20/h3-7H,8-9H2,1-2H3,(H2,17,20). The molecule has 2 rings (SSSR count). The summed E-state index contributed by atoms with van der Waals surface area (Å²) in [6, 6.07) is 8.32. The minimum absolute atomic E-state index is 0.280. The molecule has 0 spiro atoms. The summed E-state index contributed by atoms with van der Waals surface area (Å²) in [6.45, 7) is 3.09. The van der Waals surface area contributed by atoms with Gasteiger partial charge in [0.25, 0.3) is 0 Å². The van der Waals surface area contributed by atoms with E-state index >= 15 is 0 Å². The van der Waals surface area contributed by atoms with Crippen molar-refractivity contribution in [2.75, 3.05) is 7.05 Å². The molecule has 1 heterocycles. The zero-order valence-electron chi connectivity index (χ0n) is 11.5. The third-order valence-electron chi connectivity index (χ3n) is 2.99. The molecule has 0 radical (unpaired) electrons. The van der Waals surface area contributed by atoms with E-state index in [-0.39, 0.29) is 10.8 Å². The molecule has 0 aliphatic rings. The number of halogens is 1. The first kappa shape index (κ1) is 14.7. The highest BCUT2D eigenvalue weighted by molar-refractivity contribution is 7.80. The first-order valence-corrected chi connectivity index (χ1v) is 6.68. The number of nitrogens with zero attached hydrogens (tertiary/aromatic N) is 1. The third kappa shape index (κ3) is 3.65. The van der Waals surface area contributed by atoms with Crippen molar-refractivity contribution in [3.05, 3.63) is 58.8 Å². The Bertz CT molecular complexity index is 624. The van der Waals surface area contributed by atoms with E-state index < -0.39 is 0 Å². The van der Waals surface area contributed by atoms with E-state index in [4.69, 9.17) is 22.4 Å². The molecule has 3 nitrogen and oxygen atoms in total. The highest BCUT2D eigenvalue weighted by Gasteiger charge is 2.11. The van der Waals surface area contributed by atoms with Crippen molar-refractivity contribution in [3.8, 4) is 0 Å². The lowest BCUT2D eigenvalue weighted by molar-refractivity contribution is 0.285. The lowest BCUT2D eigenvalue weighted by Crippen LogP contribution is -2.20. The summed E-state index contributed by atoms with van der Waals surface area (Å²) < 4.78 is 18.9. The van der Waals surface area contributed by atoms with E-state index in [1.54, 1.807) is 6.07 Å². The number of rotatable bonds is 5. The largest absolute Gasteiger partial charge is 0.465 e. The molecule has 0 saturated heterocycles. The van der Waals surface area contributed by atoms with Crippen molar-refractivity contribution in [1.82, 2.24) is 4.90 Å². The summed E-state index contributed by atoms with van der Waals surface area (Å²) in [4.78, 5) is 2.30. The number of benzene rings is 1. The monoisotopic (exact) mass is 292 g/mol. The fraction of sp³-hybridized carbons (Fsp3) is 0.267. The first-order valence-electron chi connectivity index (χ1n) is 6.28. The second-order valence-corrected chi connectivity index (χ2v) is 5.29. The molecule has 2 N–H and O–H groups in total. The maximum Gasteiger partial charge on any atom is 0.123 e. The van der Waals surface area contributed by atoms with Crippen LogP contribution in [-0.4, -0.2) is 16.9 Å². The van der Waals surface area contributed by atoms with Crippen LogP contribution in [0.5, 0.6) is 0 Å². The van der Waals surface area contributed by atoms with E-state index in [1.807, 2.05) is 31.0 Å². The summed E-state index contributed by atoms with van der Waals surface area (Å²) >= 11 is 5.00.